The van der Waals surface area contributed by atoms with Gasteiger partial charge in [0.05, 0.1) is 15.5 Å². The average molecular weight is 357 g/mol. The third kappa shape index (κ3) is 4.51. The Kier molecular flexibility index (Phi) is 5.70. The standard InChI is InChI=1S/C15H14ClFN2O3S/c16-12-7-4-8-13(17)14(12)15(20)18-9-10-19-23(21,22)11-5-2-1-3-6-11/h1-8,19H,9-10H2,(H,18,20). The zero-order valence-corrected chi connectivity index (χ0v) is 13.5. The highest BCUT2D eigenvalue weighted by atomic mass is 35.5. The molecule has 0 saturated carbocycles. The minimum atomic E-state index is -3.64. The Bertz CT molecular complexity index is 777. The topological polar surface area (TPSA) is 75.3 Å². The first-order valence-electron chi connectivity index (χ1n) is 6.69. The average Bonchev–Trinajstić information content (AvgIpc) is 2.52. The van der Waals surface area contributed by atoms with Gasteiger partial charge < -0.3 is 5.32 Å². The molecule has 0 saturated heterocycles. The van der Waals surface area contributed by atoms with Crippen LogP contribution in [-0.2, 0) is 10.0 Å². The summed E-state index contributed by atoms with van der Waals surface area (Å²) in [7, 11) is -3.64. The number of hydrogen-bond acceptors (Lipinski definition) is 3. The summed E-state index contributed by atoms with van der Waals surface area (Å²) >= 11 is 5.78. The van der Waals surface area contributed by atoms with E-state index in [9.17, 15) is 17.6 Å². The molecule has 0 aromatic heterocycles. The second kappa shape index (κ2) is 7.54. The van der Waals surface area contributed by atoms with Crippen molar-refractivity contribution in [3.05, 3.63) is 64.9 Å². The van der Waals surface area contributed by atoms with E-state index in [2.05, 4.69) is 10.0 Å². The van der Waals surface area contributed by atoms with Gasteiger partial charge in [-0.3, -0.25) is 4.79 Å². The maximum absolute atomic E-state index is 13.6. The lowest BCUT2D eigenvalue weighted by molar-refractivity contribution is 0.0950. The van der Waals surface area contributed by atoms with Crippen LogP contribution in [0.4, 0.5) is 4.39 Å². The van der Waals surface area contributed by atoms with Crippen molar-refractivity contribution in [2.45, 2.75) is 4.90 Å². The van der Waals surface area contributed by atoms with Crippen molar-refractivity contribution in [1.29, 1.82) is 0 Å². The molecule has 0 unspecified atom stereocenters. The molecule has 8 heteroatoms. The SMILES string of the molecule is O=C(NCCNS(=O)(=O)c1ccccc1)c1c(F)cccc1Cl. The number of rotatable bonds is 6. The van der Waals surface area contributed by atoms with Crippen LogP contribution in [0.5, 0.6) is 0 Å². The van der Waals surface area contributed by atoms with E-state index in [1.807, 2.05) is 0 Å². The van der Waals surface area contributed by atoms with Crippen molar-refractivity contribution >= 4 is 27.5 Å². The van der Waals surface area contributed by atoms with Crippen LogP contribution in [0.2, 0.25) is 5.02 Å². The predicted molar refractivity (Wildman–Crippen MR) is 85.4 cm³/mol. The van der Waals surface area contributed by atoms with Crippen molar-refractivity contribution in [3.8, 4) is 0 Å². The first kappa shape index (κ1) is 17.4. The monoisotopic (exact) mass is 356 g/mol. The van der Waals surface area contributed by atoms with Crippen LogP contribution in [0, 0.1) is 5.82 Å². The minimum Gasteiger partial charge on any atom is -0.351 e. The van der Waals surface area contributed by atoms with E-state index >= 15 is 0 Å². The number of carbonyl (C=O) groups is 1. The summed E-state index contributed by atoms with van der Waals surface area (Å²) in [6.45, 7) is -0.0371. The van der Waals surface area contributed by atoms with Gasteiger partial charge in [-0.05, 0) is 24.3 Å². The Morgan fingerprint density at radius 1 is 1.04 bits per heavy atom. The van der Waals surface area contributed by atoms with Crippen LogP contribution < -0.4 is 10.0 Å². The molecule has 0 radical (unpaired) electrons. The number of halogens is 2. The molecule has 2 N–H and O–H groups in total. The highest BCUT2D eigenvalue weighted by Gasteiger charge is 2.16. The molecule has 2 rings (SSSR count). The quantitative estimate of drug-likeness (QED) is 0.779. The summed E-state index contributed by atoms with van der Waals surface area (Å²) in [6, 6.07) is 11.8. The van der Waals surface area contributed by atoms with Crippen molar-refractivity contribution in [2.24, 2.45) is 0 Å². The van der Waals surface area contributed by atoms with E-state index in [4.69, 9.17) is 11.6 Å². The van der Waals surface area contributed by atoms with Gasteiger partial charge in [0, 0.05) is 13.1 Å². The van der Waals surface area contributed by atoms with Crippen LogP contribution in [0.1, 0.15) is 10.4 Å². The summed E-state index contributed by atoms with van der Waals surface area (Å²) in [5.74, 6) is -1.44. The van der Waals surface area contributed by atoms with Crippen LogP contribution in [0.15, 0.2) is 53.4 Å². The fourth-order valence-corrected chi connectivity index (χ4v) is 3.15. The summed E-state index contributed by atoms with van der Waals surface area (Å²) in [5.41, 5.74) is -0.264. The third-order valence-corrected chi connectivity index (χ3v) is 4.74. The number of benzene rings is 2. The number of sulfonamides is 1. The van der Waals surface area contributed by atoms with Crippen LogP contribution in [0.25, 0.3) is 0 Å². The Balaban J connectivity index is 1.90. The summed E-state index contributed by atoms with van der Waals surface area (Å²) in [5, 5.41) is 2.41. The molecule has 5 nitrogen and oxygen atoms in total. The molecular formula is C15H14ClFN2O3S. The van der Waals surface area contributed by atoms with Gasteiger partial charge in [0.25, 0.3) is 5.91 Å². The minimum absolute atomic E-state index is 0.00440. The smallest absolute Gasteiger partial charge is 0.255 e. The molecule has 122 valence electrons. The van der Waals surface area contributed by atoms with Crippen molar-refractivity contribution in [1.82, 2.24) is 10.0 Å². The predicted octanol–water partition coefficient (Wildman–Crippen LogP) is 2.19. The zero-order valence-electron chi connectivity index (χ0n) is 11.9. The van der Waals surface area contributed by atoms with Gasteiger partial charge in [-0.25, -0.2) is 17.5 Å². The van der Waals surface area contributed by atoms with E-state index in [1.54, 1.807) is 18.2 Å². The van der Waals surface area contributed by atoms with Gasteiger partial charge in [-0.1, -0.05) is 35.9 Å². The normalized spacial score (nSPS) is 11.2. The van der Waals surface area contributed by atoms with Crippen LogP contribution >= 0.6 is 11.6 Å². The first-order chi connectivity index (χ1) is 10.9. The van der Waals surface area contributed by atoms with E-state index in [0.717, 1.165) is 6.07 Å². The largest absolute Gasteiger partial charge is 0.351 e. The van der Waals surface area contributed by atoms with Gasteiger partial charge in [-0.15, -0.1) is 0 Å². The van der Waals surface area contributed by atoms with E-state index in [1.165, 1.54) is 24.3 Å². The molecule has 0 aliphatic carbocycles. The summed E-state index contributed by atoms with van der Waals surface area (Å²) < 4.78 is 39.8. The molecule has 2 aromatic carbocycles. The molecule has 0 aliphatic rings. The number of carbonyl (C=O) groups excluding carboxylic acids is 1. The summed E-state index contributed by atoms with van der Waals surface area (Å²) in [6.07, 6.45) is 0. The highest BCUT2D eigenvalue weighted by Crippen LogP contribution is 2.18. The number of hydrogen-bond donors (Lipinski definition) is 2. The molecule has 0 fully saturated rings. The molecule has 0 aliphatic heterocycles. The van der Waals surface area contributed by atoms with Gasteiger partial charge in [0.1, 0.15) is 5.82 Å². The molecule has 23 heavy (non-hydrogen) atoms. The molecule has 0 bridgehead atoms. The molecule has 0 heterocycles. The molecule has 1 amide bonds. The van der Waals surface area contributed by atoms with E-state index in [-0.39, 0.29) is 28.6 Å². The second-order valence-electron chi connectivity index (χ2n) is 4.56. The van der Waals surface area contributed by atoms with E-state index in [0.29, 0.717) is 0 Å². The van der Waals surface area contributed by atoms with Gasteiger partial charge in [0.2, 0.25) is 10.0 Å². The lowest BCUT2D eigenvalue weighted by Crippen LogP contribution is -2.35. The van der Waals surface area contributed by atoms with Crippen molar-refractivity contribution in [3.63, 3.8) is 0 Å². The van der Waals surface area contributed by atoms with Crippen LogP contribution in [0.3, 0.4) is 0 Å². The molecule has 0 spiro atoms. The maximum atomic E-state index is 13.6. The summed E-state index contributed by atoms with van der Waals surface area (Å²) in [4.78, 5) is 12.0. The zero-order chi connectivity index (χ0) is 16.9. The molecule has 2 aromatic rings. The Hall–Kier alpha value is -1.96. The lowest BCUT2D eigenvalue weighted by atomic mass is 10.2. The first-order valence-corrected chi connectivity index (χ1v) is 8.55. The Labute approximate surface area is 138 Å². The Morgan fingerprint density at radius 3 is 2.39 bits per heavy atom. The van der Waals surface area contributed by atoms with Gasteiger partial charge >= 0.3 is 0 Å². The van der Waals surface area contributed by atoms with Crippen LogP contribution in [-0.4, -0.2) is 27.4 Å². The molecular weight excluding hydrogens is 343 g/mol. The van der Waals surface area contributed by atoms with Crippen molar-refractivity contribution < 1.29 is 17.6 Å². The van der Waals surface area contributed by atoms with Gasteiger partial charge in [-0.2, -0.15) is 0 Å². The van der Waals surface area contributed by atoms with Gasteiger partial charge in [0.15, 0.2) is 0 Å². The van der Waals surface area contributed by atoms with E-state index < -0.39 is 21.7 Å². The highest BCUT2D eigenvalue weighted by molar-refractivity contribution is 7.89. The lowest BCUT2D eigenvalue weighted by Gasteiger charge is -2.09. The second-order valence-corrected chi connectivity index (χ2v) is 6.74. The van der Waals surface area contributed by atoms with Crippen molar-refractivity contribution in [2.75, 3.05) is 13.1 Å². The fourth-order valence-electron chi connectivity index (χ4n) is 1.85. The fraction of sp³-hybridized carbons (Fsp3) is 0.133. The number of amides is 1. The Morgan fingerprint density at radius 2 is 1.74 bits per heavy atom. The number of nitrogens with one attached hydrogen (secondary N) is 2. The third-order valence-electron chi connectivity index (χ3n) is 2.95. The molecule has 0 atom stereocenters. The maximum Gasteiger partial charge on any atom is 0.255 e.